The molecule has 3 amide bonds. The maximum atomic E-state index is 13.5. The van der Waals surface area contributed by atoms with Crippen LogP contribution in [-0.2, 0) is 47.5 Å². The highest BCUT2D eigenvalue weighted by Gasteiger charge is 2.38. The van der Waals surface area contributed by atoms with Crippen LogP contribution >= 0.6 is 23.2 Å². The van der Waals surface area contributed by atoms with Crippen LogP contribution < -0.4 is 21.7 Å². The first-order chi connectivity index (χ1) is 28.2. The van der Waals surface area contributed by atoms with Crippen molar-refractivity contribution in [1.29, 1.82) is 0 Å². The lowest BCUT2D eigenvalue weighted by Crippen LogP contribution is -2.48. The van der Waals surface area contributed by atoms with E-state index in [1.54, 1.807) is 48.5 Å². The molecule has 2 heterocycles. The summed E-state index contributed by atoms with van der Waals surface area (Å²) >= 11 is 11.8. The molecule has 0 spiro atoms. The zero-order valence-corrected chi connectivity index (χ0v) is 35.5. The van der Waals surface area contributed by atoms with Crippen LogP contribution in [0.1, 0.15) is 62.5 Å². The number of carbonyl (C=O) groups is 3. The Morgan fingerprint density at radius 3 is 1.42 bits per heavy atom. The number of nitrogens with zero attached hydrogens (tertiary/aromatic N) is 2. The van der Waals surface area contributed by atoms with Crippen LogP contribution in [0.15, 0.2) is 107 Å². The van der Waals surface area contributed by atoms with Crippen LogP contribution in [-0.4, -0.2) is 68.3 Å². The second-order valence-electron chi connectivity index (χ2n) is 14.8. The Bertz CT molecular complexity index is 2310. The van der Waals surface area contributed by atoms with Crippen LogP contribution in [0.4, 0.5) is 11.4 Å². The van der Waals surface area contributed by atoms with E-state index >= 15 is 0 Å². The average molecular weight is 884 g/mol. The molecule has 4 aromatic rings. The Labute approximate surface area is 355 Å². The molecule has 0 unspecified atom stereocenters. The molecule has 0 aromatic heterocycles. The predicted octanol–water partition coefficient (Wildman–Crippen LogP) is 6.33. The van der Waals surface area contributed by atoms with Crippen molar-refractivity contribution in [2.45, 2.75) is 86.3 Å². The number of anilines is 2. The topological polar surface area (TPSA) is 188 Å². The third-order valence-electron chi connectivity index (χ3n) is 10.4. The minimum absolute atomic E-state index is 0.0137. The summed E-state index contributed by atoms with van der Waals surface area (Å²) in [4.78, 5) is 37.5. The number of amides is 3. The van der Waals surface area contributed by atoms with Gasteiger partial charge in [-0.2, -0.15) is 8.61 Å². The lowest BCUT2D eigenvalue weighted by atomic mass is 10.1. The quantitative estimate of drug-likeness (QED) is 0.119. The highest BCUT2D eigenvalue weighted by Crippen LogP contribution is 2.31. The van der Waals surface area contributed by atoms with E-state index in [2.05, 4.69) is 16.0 Å². The molecule has 4 aromatic carbocycles. The number of rotatable bonds is 12. The van der Waals surface area contributed by atoms with Crippen molar-refractivity contribution in [3.63, 3.8) is 0 Å². The van der Waals surface area contributed by atoms with Gasteiger partial charge in [0.1, 0.15) is 12.1 Å². The zero-order chi connectivity index (χ0) is 42.2. The van der Waals surface area contributed by atoms with Crippen molar-refractivity contribution in [3.8, 4) is 0 Å². The van der Waals surface area contributed by atoms with E-state index in [-0.39, 0.29) is 46.5 Å². The van der Waals surface area contributed by atoms with E-state index in [0.29, 0.717) is 47.4 Å². The van der Waals surface area contributed by atoms with Gasteiger partial charge >= 0.3 is 0 Å². The Kier molecular flexibility index (Phi) is 14.7. The zero-order valence-electron chi connectivity index (χ0n) is 32.4. The monoisotopic (exact) mass is 882 g/mol. The molecular weight excluding hydrogens is 836 g/mol. The molecule has 1 saturated carbocycles. The summed E-state index contributed by atoms with van der Waals surface area (Å²) in [6, 6.07) is 24.4. The van der Waals surface area contributed by atoms with Crippen LogP contribution in [0.2, 0.25) is 10.0 Å². The van der Waals surface area contributed by atoms with Gasteiger partial charge in [0.05, 0.1) is 9.79 Å². The highest BCUT2D eigenvalue weighted by molar-refractivity contribution is 7.89. The molecule has 17 heteroatoms. The van der Waals surface area contributed by atoms with Crippen molar-refractivity contribution >= 4 is 72.3 Å². The number of nitrogens with one attached hydrogen (secondary N) is 3. The summed E-state index contributed by atoms with van der Waals surface area (Å²) in [5.41, 5.74) is 8.48. The maximum Gasteiger partial charge on any atom is 0.244 e. The summed E-state index contributed by atoms with van der Waals surface area (Å²) < 4.78 is 56.3. The van der Waals surface area contributed by atoms with Gasteiger partial charge in [0, 0.05) is 53.5 Å². The maximum absolute atomic E-state index is 13.5. The third-order valence-corrected chi connectivity index (χ3v) is 14.6. The van der Waals surface area contributed by atoms with Gasteiger partial charge in [-0.1, -0.05) is 47.5 Å². The lowest BCUT2D eigenvalue weighted by Gasteiger charge is -2.29. The minimum Gasteiger partial charge on any atom is -0.399 e. The highest BCUT2D eigenvalue weighted by atomic mass is 35.5. The van der Waals surface area contributed by atoms with Gasteiger partial charge in [-0.05, 0) is 135 Å². The van der Waals surface area contributed by atoms with Gasteiger partial charge < -0.3 is 21.7 Å². The molecule has 2 saturated heterocycles. The summed E-state index contributed by atoms with van der Waals surface area (Å²) in [5.74, 6) is -0.433. The molecular formula is C42H48Cl2N6O7S2. The smallest absolute Gasteiger partial charge is 0.244 e. The average Bonchev–Trinajstić information content (AvgIpc) is 4.10. The third kappa shape index (κ3) is 11.6. The molecule has 0 bridgehead atoms. The number of halogens is 2. The van der Waals surface area contributed by atoms with Crippen LogP contribution in [0.5, 0.6) is 0 Å². The van der Waals surface area contributed by atoms with E-state index in [4.69, 9.17) is 28.9 Å². The number of hydrogen-bond donors (Lipinski definition) is 4. The first kappa shape index (κ1) is 44.1. The summed E-state index contributed by atoms with van der Waals surface area (Å²) in [7, 11) is -7.85. The number of nitrogens with two attached hydrogens (primary N) is 1. The van der Waals surface area contributed by atoms with E-state index < -0.39 is 32.1 Å². The van der Waals surface area contributed by atoms with E-state index in [1.807, 2.05) is 0 Å². The standard InChI is InChI=1S/C23H26ClN3O4S.C19H22ClN3O3S/c24-18-8-12-20(13-9-18)32(30,31)27(21-3-1-2-14-25-23(21)29)15-16-4-10-19(11-5-16)26-22(28)17-6-7-17;20-15-6-10-17(11-7-15)27(25,26)23(13-14-4-8-16(21)9-5-14)18-3-1-2-12-22-19(18)24/h4-5,8-13,17,21H,1-3,6-7,14-15H2,(H,25,29)(H,26,28);4-11,18H,1-3,12-13,21H2,(H,22,24)/t21-;18-/m11/s1. The van der Waals surface area contributed by atoms with Crippen molar-refractivity contribution < 1.29 is 31.2 Å². The largest absolute Gasteiger partial charge is 0.399 e. The Balaban J connectivity index is 0.000000201. The van der Waals surface area contributed by atoms with Gasteiger partial charge in [-0.25, -0.2) is 16.8 Å². The molecule has 5 N–H and O–H groups in total. The number of sulfonamides is 2. The predicted molar refractivity (Wildman–Crippen MR) is 228 cm³/mol. The summed E-state index contributed by atoms with van der Waals surface area (Å²) in [6.45, 7) is 1.23. The molecule has 3 fully saturated rings. The van der Waals surface area contributed by atoms with Crippen molar-refractivity contribution in [1.82, 2.24) is 19.2 Å². The number of carbonyl (C=O) groups excluding carboxylic acids is 3. The van der Waals surface area contributed by atoms with E-state index in [0.717, 1.165) is 49.7 Å². The lowest BCUT2D eigenvalue weighted by molar-refractivity contribution is -0.125. The van der Waals surface area contributed by atoms with Gasteiger partial charge in [-0.3, -0.25) is 14.4 Å². The molecule has 1 aliphatic carbocycles. The Morgan fingerprint density at radius 1 is 0.610 bits per heavy atom. The molecule has 2 aliphatic heterocycles. The number of benzene rings is 4. The normalized spacial score (nSPS) is 18.8. The fraction of sp³-hybridized carbons (Fsp3) is 0.357. The second-order valence-corrected chi connectivity index (χ2v) is 19.5. The van der Waals surface area contributed by atoms with E-state index in [1.165, 1.54) is 57.1 Å². The molecule has 7 rings (SSSR count). The molecule has 3 aliphatic rings. The number of nitrogen functional groups attached to an aromatic ring is 1. The molecule has 2 atom stereocenters. The van der Waals surface area contributed by atoms with Crippen molar-refractivity contribution in [2.24, 2.45) is 5.92 Å². The van der Waals surface area contributed by atoms with Gasteiger partial charge in [0.2, 0.25) is 37.8 Å². The minimum atomic E-state index is -3.95. The summed E-state index contributed by atoms with van der Waals surface area (Å²) in [5, 5.41) is 9.41. The van der Waals surface area contributed by atoms with Crippen LogP contribution in [0.3, 0.4) is 0 Å². The number of hydrogen-bond acceptors (Lipinski definition) is 8. The fourth-order valence-electron chi connectivity index (χ4n) is 6.87. The van der Waals surface area contributed by atoms with Crippen LogP contribution in [0.25, 0.3) is 0 Å². The second kappa shape index (κ2) is 19.7. The Morgan fingerprint density at radius 2 is 1.02 bits per heavy atom. The molecule has 0 radical (unpaired) electrons. The summed E-state index contributed by atoms with van der Waals surface area (Å²) in [6.07, 6.45) is 5.95. The van der Waals surface area contributed by atoms with Crippen LogP contribution in [0, 0.1) is 5.92 Å². The molecule has 13 nitrogen and oxygen atoms in total. The first-order valence-electron chi connectivity index (χ1n) is 19.6. The van der Waals surface area contributed by atoms with Gasteiger partial charge in [0.25, 0.3) is 0 Å². The van der Waals surface area contributed by atoms with E-state index in [9.17, 15) is 31.2 Å². The van der Waals surface area contributed by atoms with Gasteiger partial charge in [-0.15, -0.1) is 0 Å². The van der Waals surface area contributed by atoms with Gasteiger partial charge in [0.15, 0.2) is 0 Å². The fourth-order valence-corrected chi connectivity index (χ4v) is 10.3. The first-order valence-corrected chi connectivity index (χ1v) is 23.2. The molecule has 314 valence electrons. The SMILES string of the molecule is Nc1ccc(CN([C@@H]2CCCCNC2=O)S(=O)(=O)c2ccc(Cl)cc2)cc1.O=C(Nc1ccc(CN([C@@H]2CCCCNC2=O)S(=O)(=O)c2ccc(Cl)cc2)cc1)C1CC1. The molecule has 59 heavy (non-hydrogen) atoms. The van der Waals surface area contributed by atoms with Crippen molar-refractivity contribution in [3.05, 3.63) is 118 Å². The van der Waals surface area contributed by atoms with Crippen molar-refractivity contribution in [2.75, 3.05) is 24.1 Å². The Hall–Kier alpha value is -4.51.